The Morgan fingerprint density at radius 3 is 2.23 bits per heavy atom. The fourth-order valence-electron chi connectivity index (χ4n) is 3.04. The van der Waals surface area contributed by atoms with Crippen LogP contribution in [0.4, 0.5) is 11.5 Å². The van der Waals surface area contributed by atoms with E-state index in [0.717, 1.165) is 22.5 Å². The van der Waals surface area contributed by atoms with Gasteiger partial charge in [-0.25, -0.2) is 0 Å². The number of aromatic nitrogens is 2. The summed E-state index contributed by atoms with van der Waals surface area (Å²) < 4.78 is 0. The minimum atomic E-state index is -0.104. The van der Waals surface area contributed by atoms with Crippen LogP contribution < -0.4 is 10.6 Å². The summed E-state index contributed by atoms with van der Waals surface area (Å²) in [6.07, 6.45) is 2.04. The first-order valence-corrected chi connectivity index (χ1v) is 11.1. The van der Waals surface area contributed by atoms with Crippen molar-refractivity contribution in [3.63, 3.8) is 0 Å². The van der Waals surface area contributed by atoms with E-state index >= 15 is 0 Å². The smallest absolute Gasteiger partial charge is 0.251 e. The van der Waals surface area contributed by atoms with Crippen LogP contribution >= 0.6 is 11.8 Å². The second kappa shape index (κ2) is 9.91. The molecule has 0 saturated carbocycles. The SMILES string of the molecule is CSc1ccc(CNC(=O)c2ccc(Nc3ccc(-c4ccccc4)nn3)cc2)cc1. The van der Waals surface area contributed by atoms with Crippen LogP contribution in [0.15, 0.2) is 95.9 Å². The van der Waals surface area contributed by atoms with Gasteiger partial charge in [-0.05, 0) is 60.4 Å². The zero-order valence-electron chi connectivity index (χ0n) is 17.1. The van der Waals surface area contributed by atoms with Crippen LogP contribution in [0, 0.1) is 0 Å². The van der Waals surface area contributed by atoms with Crippen LogP contribution in [0.3, 0.4) is 0 Å². The third-order valence-corrected chi connectivity index (χ3v) is 5.51. The molecule has 2 N–H and O–H groups in total. The Labute approximate surface area is 185 Å². The molecule has 0 saturated heterocycles. The van der Waals surface area contributed by atoms with Gasteiger partial charge in [-0.15, -0.1) is 22.0 Å². The highest BCUT2D eigenvalue weighted by molar-refractivity contribution is 7.98. The third kappa shape index (κ3) is 5.49. The van der Waals surface area contributed by atoms with Crippen molar-refractivity contribution in [1.82, 2.24) is 15.5 Å². The maximum Gasteiger partial charge on any atom is 0.251 e. The first-order valence-electron chi connectivity index (χ1n) is 9.88. The molecular weight excluding hydrogens is 404 g/mol. The summed E-state index contributed by atoms with van der Waals surface area (Å²) in [6, 6.07) is 29.2. The Morgan fingerprint density at radius 2 is 1.58 bits per heavy atom. The Balaban J connectivity index is 1.33. The number of carbonyl (C=O) groups is 1. The number of thioether (sulfide) groups is 1. The molecule has 0 spiro atoms. The van der Waals surface area contributed by atoms with Crippen molar-refractivity contribution in [1.29, 1.82) is 0 Å². The normalized spacial score (nSPS) is 10.5. The second-order valence-electron chi connectivity index (χ2n) is 6.90. The molecule has 0 atom stereocenters. The van der Waals surface area contributed by atoms with Crippen molar-refractivity contribution >= 4 is 29.2 Å². The molecule has 0 aliphatic heterocycles. The average molecular weight is 427 g/mol. The lowest BCUT2D eigenvalue weighted by molar-refractivity contribution is 0.0951. The number of anilines is 2. The van der Waals surface area contributed by atoms with Gasteiger partial charge < -0.3 is 10.6 Å². The van der Waals surface area contributed by atoms with Gasteiger partial charge >= 0.3 is 0 Å². The molecule has 5 nitrogen and oxygen atoms in total. The van der Waals surface area contributed by atoms with E-state index in [9.17, 15) is 4.79 Å². The summed E-state index contributed by atoms with van der Waals surface area (Å²) in [5.74, 6) is 0.540. The van der Waals surface area contributed by atoms with Gasteiger partial charge in [0.2, 0.25) is 0 Å². The largest absolute Gasteiger partial charge is 0.348 e. The zero-order valence-corrected chi connectivity index (χ0v) is 17.9. The fourth-order valence-corrected chi connectivity index (χ4v) is 3.45. The number of nitrogens with zero attached hydrogens (tertiary/aromatic N) is 2. The summed E-state index contributed by atoms with van der Waals surface area (Å²) in [6.45, 7) is 0.497. The van der Waals surface area contributed by atoms with Gasteiger partial charge in [0.15, 0.2) is 5.82 Å². The maximum absolute atomic E-state index is 12.4. The van der Waals surface area contributed by atoms with Crippen LogP contribution in [-0.2, 0) is 6.54 Å². The topological polar surface area (TPSA) is 66.9 Å². The summed E-state index contributed by atoms with van der Waals surface area (Å²) in [5, 5.41) is 14.7. The highest BCUT2D eigenvalue weighted by atomic mass is 32.2. The molecule has 4 aromatic rings. The first kappa shape index (κ1) is 20.6. The Kier molecular flexibility index (Phi) is 6.59. The molecule has 0 bridgehead atoms. The molecule has 1 heterocycles. The summed E-state index contributed by atoms with van der Waals surface area (Å²) in [7, 11) is 0. The van der Waals surface area contributed by atoms with Crippen LogP contribution in [0.1, 0.15) is 15.9 Å². The van der Waals surface area contributed by atoms with Crippen LogP contribution in [0.2, 0.25) is 0 Å². The molecule has 0 unspecified atom stereocenters. The molecule has 1 amide bonds. The fraction of sp³-hybridized carbons (Fsp3) is 0.0800. The number of hydrogen-bond donors (Lipinski definition) is 2. The van der Waals surface area contributed by atoms with E-state index in [4.69, 9.17) is 0 Å². The molecule has 0 radical (unpaired) electrons. The lowest BCUT2D eigenvalue weighted by Crippen LogP contribution is -2.22. The van der Waals surface area contributed by atoms with Gasteiger partial charge in [-0.1, -0.05) is 42.5 Å². The van der Waals surface area contributed by atoms with E-state index in [2.05, 4.69) is 33.0 Å². The molecule has 4 rings (SSSR count). The van der Waals surface area contributed by atoms with Crippen molar-refractivity contribution < 1.29 is 4.79 Å². The molecule has 1 aromatic heterocycles. The number of hydrogen-bond acceptors (Lipinski definition) is 5. The summed E-state index contributed by atoms with van der Waals surface area (Å²) in [5.41, 5.74) is 4.36. The number of benzene rings is 3. The lowest BCUT2D eigenvalue weighted by Gasteiger charge is -2.08. The molecular formula is C25H22N4OS. The minimum absolute atomic E-state index is 0.104. The maximum atomic E-state index is 12.4. The van der Waals surface area contributed by atoms with Crippen molar-refractivity contribution in [2.75, 3.05) is 11.6 Å². The van der Waals surface area contributed by atoms with Gasteiger partial charge in [-0.2, -0.15) is 0 Å². The highest BCUT2D eigenvalue weighted by Crippen LogP contribution is 2.19. The van der Waals surface area contributed by atoms with Gasteiger partial charge in [0.1, 0.15) is 0 Å². The van der Waals surface area contributed by atoms with E-state index in [-0.39, 0.29) is 5.91 Å². The third-order valence-electron chi connectivity index (χ3n) is 4.77. The number of amides is 1. The van der Waals surface area contributed by atoms with E-state index in [1.165, 1.54) is 4.90 Å². The van der Waals surface area contributed by atoms with Crippen molar-refractivity contribution in [3.8, 4) is 11.3 Å². The standard InChI is InChI=1S/C25H22N4OS/c1-31-22-13-7-18(8-14-22)17-26-25(30)20-9-11-21(12-10-20)27-24-16-15-23(28-29-24)19-5-3-2-4-6-19/h2-16H,17H2,1H3,(H,26,30)(H,27,29). The second-order valence-corrected chi connectivity index (χ2v) is 7.78. The molecule has 3 aromatic carbocycles. The molecule has 154 valence electrons. The van der Waals surface area contributed by atoms with Gasteiger partial charge in [0.05, 0.1) is 5.69 Å². The van der Waals surface area contributed by atoms with Crippen LogP contribution in [0.25, 0.3) is 11.3 Å². The molecule has 0 aliphatic carbocycles. The van der Waals surface area contributed by atoms with Gasteiger partial charge in [0, 0.05) is 28.3 Å². The van der Waals surface area contributed by atoms with Gasteiger partial charge in [0.25, 0.3) is 5.91 Å². The molecule has 0 fully saturated rings. The lowest BCUT2D eigenvalue weighted by atomic mass is 10.1. The van der Waals surface area contributed by atoms with Crippen LogP contribution in [-0.4, -0.2) is 22.4 Å². The Bertz CT molecular complexity index is 1130. The van der Waals surface area contributed by atoms with E-state index in [1.807, 2.05) is 73.0 Å². The zero-order chi connectivity index (χ0) is 21.5. The number of rotatable bonds is 7. The van der Waals surface area contributed by atoms with Gasteiger partial charge in [-0.3, -0.25) is 4.79 Å². The van der Waals surface area contributed by atoms with Crippen LogP contribution in [0.5, 0.6) is 0 Å². The molecule has 0 aliphatic rings. The van der Waals surface area contributed by atoms with E-state index in [1.54, 1.807) is 23.9 Å². The monoisotopic (exact) mass is 426 g/mol. The Morgan fingerprint density at radius 1 is 0.839 bits per heavy atom. The van der Waals surface area contributed by atoms with Crippen molar-refractivity contribution in [2.24, 2.45) is 0 Å². The van der Waals surface area contributed by atoms with E-state index in [0.29, 0.717) is 17.9 Å². The van der Waals surface area contributed by atoms with Crippen molar-refractivity contribution in [3.05, 3.63) is 102 Å². The molecule has 31 heavy (non-hydrogen) atoms. The first-order chi connectivity index (χ1) is 15.2. The quantitative estimate of drug-likeness (QED) is 0.380. The average Bonchev–Trinajstić information content (AvgIpc) is 2.84. The predicted octanol–water partition coefficient (Wildman–Crippen LogP) is 5.54. The van der Waals surface area contributed by atoms with E-state index < -0.39 is 0 Å². The number of carbonyl (C=O) groups excluding carboxylic acids is 1. The van der Waals surface area contributed by atoms with Crippen molar-refractivity contribution in [2.45, 2.75) is 11.4 Å². The summed E-state index contributed by atoms with van der Waals surface area (Å²) >= 11 is 1.70. The highest BCUT2D eigenvalue weighted by Gasteiger charge is 2.06. The minimum Gasteiger partial charge on any atom is -0.348 e. The molecule has 6 heteroatoms. The predicted molar refractivity (Wildman–Crippen MR) is 127 cm³/mol. The Hall–Kier alpha value is -3.64. The number of nitrogens with one attached hydrogen (secondary N) is 2. The summed E-state index contributed by atoms with van der Waals surface area (Å²) in [4.78, 5) is 13.6.